The van der Waals surface area contributed by atoms with Gasteiger partial charge in [0.1, 0.15) is 30.2 Å². The van der Waals surface area contributed by atoms with Crippen LogP contribution in [-0.2, 0) is 4.74 Å². The van der Waals surface area contributed by atoms with Crippen LogP contribution in [0, 0.1) is 0 Å². The topological polar surface area (TPSA) is 123 Å². The number of nitrogens with two attached hydrogens (primary N) is 1. The number of aliphatic hydroxyl groups is 2. The van der Waals surface area contributed by atoms with Crippen LogP contribution in [0.2, 0.25) is 0 Å². The number of nitrogen functional groups attached to an aromatic ring is 1. The van der Waals surface area contributed by atoms with Gasteiger partial charge in [-0.25, -0.2) is 15.0 Å². The monoisotopic (exact) mass is 320 g/mol. The predicted octanol–water partition coefficient (Wildman–Crippen LogP) is -0.877. The molecule has 9 nitrogen and oxygen atoms in total. The molecule has 0 amide bonds. The quantitative estimate of drug-likeness (QED) is 0.666. The summed E-state index contributed by atoms with van der Waals surface area (Å²) in [5.74, 6) is 0.274. The first-order valence-electron chi connectivity index (χ1n) is 7.82. The van der Waals surface area contributed by atoms with E-state index in [-0.39, 0.29) is 5.82 Å². The summed E-state index contributed by atoms with van der Waals surface area (Å²) in [5, 5.41) is 20.7. The molecule has 2 aromatic heterocycles. The van der Waals surface area contributed by atoms with E-state index in [2.05, 4.69) is 19.9 Å². The van der Waals surface area contributed by atoms with Gasteiger partial charge in [-0.15, -0.1) is 0 Å². The van der Waals surface area contributed by atoms with Crippen LogP contribution in [0.4, 0.5) is 5.82 Å². The van der Waals surface area contributed by atoms with Gasteiger partial charge >= 0.3 is 0 Å². The van der Waals surface area contributed by atoms with E-state index < -0.39 is 24.5 Å². The van der Waals surface area contributed by atoms with Crippen molar-refractivity contribution in [3.05, 3.63) is 12.7 Å². The maximum Gasteiger partial charge on any atom is 0.167 e. The summed E-state index contributed by atoms with van der Waals surface area (Å²) >= 11 is 0. The standard InChI is InChI=1S/C14H20N6O3/c15-12-9-13(17-6-16-12)20(7-18-9)14-11(22)10(21)8(23-14)5-19-3-1-2-4-19/h6-8,10-11,14,21-22H,1-5H2,(H2,15,16,17)/t8-,10-,11-,14-/m1/s1. The summed E-state index contributed by atoms with van der Waals surface area (Å²) in [6.07, 6.45) is 2.01. The normalized spacial score (nSPS) is 32.1. The van der Waals surface area contributed by atoms with E-state index in [1.807, 2.05) is 0 Å². The van der Waals surface area contributed by atoms with Gasteiger partial charge in [0.2, 0.25) is 0 Å². The van der Waals surface area contributed by atoms with Crippen LogP contribution in [0.3, 0.4) is 0 Å². The Morgan fingerprint density at radius 3 is 2.74 bits per heavy atom. The van der Waals surface area contributed by atoms with E-state index in [1.165, 1.54) is 12.7 Å². The van der Waals surface area contributed by atoms with Crippen molar-refractivity contribution < 1.29 is 14.9 Å². The predicted molar refractivity (Wildman–Crippen MR) is 81.3 cm³/mol. The number of anilines is 1. The molecule has 0 saturated carbocycles. The highest BCUT2D eigenvalue weighted by atomic mass is 16.6. The molecule has 0 spiro atoms. The van der Waals surface area contributed by atoms with E-state index in [4.69, 9.17) is 10.5 Å². The van der Waals surface area contributed by atoms with Crippen molar-refractivity contribution in [2.75, 3.05) is 25.4 Å². The smallest absolute Gasteiger partial charge is 0.167 e. The largest absolute Gasteiger partial charge is 0.387 e. The van der Waals surface area contributed by atoms with Gasteiger partial charge in [-0.05, 0) is 25.9 Å². The molecule has 2 saturated heterocycles. The minimum absolute atomic E-state index is 0.274. The average Bonchev–Trinajstić information content (AvgIpc) is 3.24. The SMILES string of the molecule is Nc1ncnc2c1ncn2[C@@H]1O[C@H](CN2CCCC2)[C@@H](O)[C@H]1O. The Kier molecular flexibility index (Phi) is 3.64. The first kappa shape index (κ1) is 14.8. The molecule has 0 aromatic carbocycles. The van der Waals surface area contributed by atoms with Gasteiger partial charge in [0, 0.05) is 6.54 Å². The van der Waals surface area contributed by atoms with Crippen LogP contribution in [0.15, 0.2) is 12.7 Å². The van der Waals surface area contributed by atoms with Crippen molar-refractivity contribution in [1.29, 1.82) is 0 Å². The van der Waals surface area contributed by atoms with Gasteiger partial charge in [0.15, 0.2) is 17.7 Å². The van der Waals surface area contributed by atoms with Gasteiger partial charge in [-0.3, -0.25) is 4.57 Å². The molecule has 0 bridgehead atoms. The summed E-state index contributed by atoms with van der Waals surface area (Å²) in [6.45, 7) is 2.62. The maximum absolute atomic E-state index is 10.4. The zero-order valence-electron chi connectivity index (χ0n) is 12.6. The second kappa shape index (κ2) is 5.68. The van der Waals surface area contributed by atoms with Crippen molar-refractivity contribution in [2.24, 2.45) is 0 Å². The molecule has 4 atom stereocenters. The zero-order valence-corrected chi connectivity index (χ0v) is 12.6. The van der Waals surface area contributed by atoms with Gasteiger partial charge in [-0.2, -0.15) is 0 Å². The van der Waals surface area contributed by atoms with E-state index in [0.29, 0.717) is 17.7 Å². The Labute approximate surface area is 132 Å². The lowest BCUT2D eigenvalue weighted by Gasteiger charge is -2.21. The van der Waals surface area contributed by atoms with Crippen LogP contribution in [-0.4, -0.2) is 72.6 Å². The molecule has 23 heavy (non-hydrogen) atoms. The molecule has 2 fully saturated rings. The second-order valence-corrected chi connectivity index (χ2v) is 6.14. The molecule has 0 aliphatic carbocycles. The van der Waals surface area contributed by atoms with Crippen molar-refractivity contribution in [1.82, 2.24) is 24.4 Å². The zero-order chi connectivity index (χ0) is 16.0. The molecule has 9 heteroatoms. The Bertz CT molecular complexity index is 701. The fraction of sp³-hybridized carbons (Fsp3) is 0.643. The molecule has 0 unspecified atom stereocenters. The number of hydrogen-bond donors (Lipinski definition) is 3. The first-order valence-corrected chi connectivity index (χ1v) is 7.82. The number of ether oxygens (including phenoxy) is 1. The third-order valence-corrected chi connectivity index (χ3v) is 4.64. The van der Waals surface area contributed by atoms with Crippen molar-refractivity contribution in [3.8, 4) is 0 Å². The number of likely N-dealkylation sites (tertiary alicyclic amines) is 1. The van der Waals surface area contributed by atoms with Crippen LogP contribution in [0.25, 0.3) is 11.2 Å². The molecule has 2 aromatic rings. The molecule has 4 rings (SSSR count). The first-order chi connectivity index (χ1) is 11.1. The highest BCUT2D eigenvalue weighted by Gasteiger charge is 2.45. The van der Waals surface area contributed by atoms with Gasteiger partial charge in [0.05, 0.1) is 6.33 Å². The minimum Gasteiger partial charge on any atom is -0.387 e. The molecule has 2 aliphatic heterocycles. The van der Waals surface area contributed by atoms with Gasteiger partial charge < -0.3 is 25.6 Å². The maximum atomic E-state index is 10.4. The third kappa shape index (κ3) is 2.45. The number of fused-ring (bicyclic) bond motifs is 1. The molecule has 124 valence electrons. The van der Waals surface area contributed by atoms with Gasteiger partial charge in [-0.1, -0.05) is 0 Å². The fourth-order valence-electron chi connectivity index (χ4n) is 3.39. The van der Waals surface area contributed by atoms with Gasteiger partial charge in [0.25, 0.3) is 0 Å². The number of aliphatic hydroxyl groups excluding tert-OH is 2. The molecule has 2 aliphatic rings. The average molecular weight is 320 g/mol. The Morgan fingerprint density at radius 2 is 1.96 bits per heavy atom. The molecular weight excluding hydrogens is 300 g/mol. The Hall–Kier alpha value is -1.81. The van der Waals surface area contributed by atoms with E-state index >= 15 is 0 Å². The summed E-state index contributed by atoms with van der Waals surface area (Å²) in [4.78, 5) is 14.5. The van der Waals surface area contributed by atoms with Crippen LogP contribution in [0.5, 0.6) is 0 Å². The summed E-state index contributed by atoms with van der Waals surface area (Å²) in [7, 11) is 0. The highest BCUT2D eigenvalue weighted by Crippen LogP contribution is 2.32. The molecule has 0 radical (unpaired) electrons. The summed E-state index contributed by atoms with van der Waals surface area (Å²) in [5.41, 5.74) is 6.72. The van der Waals surface area contributed by atoms with Crippen LogP contribution in [0.1, 0.15) is 19.1 Å². The molecule has 4 N–H and O–H groups in total. The van der Waals surface area contributed by atoms with E-state index in [1.54, 1.807) is 4.57 Å². The van der Waals surface area contributed by atoms with Crippen molar-refractivity contribution in [2.45, 2.75) is 37.4 Å². The molecule has 4 heterocycles. The van der Waals surface area contributed by atoms with Crippen LogP contribution >= 0.6 is 0 Å². The second-order valence-electron chi connectivity index (χ2n) is 6.14. The lowest BCUT2D eigenvalue weighted by atomic mass is 10.1. The van der Waals surface area contributed by atoms with E-state index in [0.717, 1.165) is 25.9 Å². The summed E-state index contributed by atoms with van der Waals surface area (Å²) < 4.78 is 7.52. The van der Waals surface area contributed by atoms with Crippen LogP contribution < -0.4 is 5.73 Å². The third-order valence-electron chi connectivity index (χ3n) is 4.64. The van der Waals surface area contributed by atoms with Crippen molar-refractivity contribution >= 4 is 17.0 Å². The Balaban J connectivity index is 1.59. The number of imidazole rings is 1. The number of nitrogens with zero attached hydrogens (tertiary/aromatic N) is 5. The lowest BCUT2D eigenvalue weighted by molar-refractivity contribution is -0.0423. The van der Waals surface area contributed by atoms with E-state index in [9.17, 15) is 10.2 Å². The fourth-order valence-corrected chi connectivity index (χ4v) is 3.39. The number of aromatic nitrogens is 4. The molecular formula is C14H20N6O3. The number of hydrogen-bond acceptors (Lipinski definition) is 8. The lowest BCUT2D eigenvalue weighted by Crippen LogP contribution is -2.38. The van der Waals surface area contributed by atoms with Crippen molar-refractivity contribution in [3.63, 3.8) is 0 Å². The summed E-state index contributed by atoms with van der Waals surface area (Å²) in [6, 6.07) is 0. The number of rotatable bonds is 3. The Morgan fingerprint density at radius 1 is 1.17 bits per heavy atom. The minimum atomic E-state index is -1.05. The highest BCUT2D eigenvalue weighted by molar-refractivity contribution is 5.81.